The zero-order chi connectivity index (χ0) is 21.4. The molecule has 1 N–H and O–H groups in total. The Morgan fingerprint density at radius 2 is 1.69 bits per heavy atom. The van der Waals surface area contributed by atoms with Crippen LogP contribution in [0.15, 0.2) is 48.5 Å². The van der Waals surface area contributed by atoms with Crippen molar-refractivity contribution in [3.63, 3.8) is 0 Å². The highest BCUT2D eigenvalue weighted by atomic mass is 19.4. The molecule has 0 saturated carbocycles. The monoisotopic (exact) mass is 408 g/mol. The quantitative estimate of drug-likeness (QED) is 0.663. The number of rotatable bonds is 9. The maximum absolute atomic E-state index is 12.4. The van der Waals surface area contributed by atoms with Crippen molar-refractivity contribution < 1.29 is 22.7 Å². The van der Waals surface area contributed by atoms with Crippen LogP contribution in [0.4, 0.5) is 13.2 Å². The third kappa shape index (κ3) is 7.87. The van der Waals surface area contributed by atoms with Crippen LogP contribution in [-0.4, -0.2) is 36.7 Å². The highest BCUT2D eigenvalue weighted by Gasteiger charge is 2.27. The summed E-state index contributed by atoms with van der Waals surface area (Å²) in [5, 5.41) is 2.90. The van der Waals surface area contributed by atoms with Gasteiger partial charge in [0.15, 0.2) is 0 Å². The van der Waals surface area contributed by atoms with E-state index in [4.69, 9.17) is 0 Å². The Morgan fingerprint density at radius 1 is 1.07 bits per heavy atom. The van der Waals surface area contributed by atoms with E-state index in [-0.39, 0.29) is 12.5 Å². The first-order chi connectivity index (χ1) is 13.7. The second-order valence-corrected chi connectivity index (χ2v) is 7.27. The molecule has 2 aromatic rings. The zero-order valence-electron chi connectivity index (χ0n) is 16.9. The Bertz CT molecular complexity index is 789. The minimum atomic E-state index is -4.35. The number of nitrogens with zero attached hydrogens (tertiary/aromatic N) is 1. The van der Waals surface area contributed by atoms with Gasteiger partial charge in [0.1, 0.15) is 6.61 Å². The molecule has 0 fully saturated rings. The van der Waals surface area contributed by atoms with Crippen LogP contribution in [0.3, 0.4) is 0 Å². The number of amides is 1. The number of nitrogens with one attached hydrogen (secondary N) is 1. The highest BCUT2D eigenvalue weighted by molar-refractivity contribution is 5.94. The first-order valence-electron chi connectivity index (χ1n) is 9.44. The van der Waals surface area contributed by atoms with Gasteiger partial charge in [-0.2, -0.15) is 13.2 Å². The molecule has 0 saturated heterocycles. The summed E-state index contributed by atoms with van der Waals surface area (Å²) in [6, 6.07) is 14.7. The number of hydrogen-bond donors (Lipinski definition) is 1. The van der Waals surface area contributed by atoms with E-state index in [1.165, 1.54) is 0 Å². The van der Waals surface area contributed by atoms with Crippen LogP contribution in [0.5, 0.6) is 0 Å². The van der Waals surface area contributed by atoms with E-state index in [9.17, 15) is 18.0 Å². The largest absolute Gasteiger partial charge is 0.411 e. The van der Waals surface area contributed by atoms with E-state index in [0.29, 0.717) is 23.7 Å². The Kier molecular flexibility index (Phi) is 8.22. The molecular weight excluding hydrogens is 381 g/mol. The van der Waals surface area contributed by atoms with Crippen molar-refractivity contribution in [1.82, 2.24) is 10.2 Å². The van der Waals surface area contributed by atoms with Crippen molar-refractivity contribution in [3.05, 3.63) is 70.8 Å². The second kappa shape index (κ2) is 10.4. The SMILES string of the molecule is CC(C)N(C)Cc1ccccc1CNC(=O)c1ccc(COCC(F)(F)F)cc1. The molecule has 158 valence electrons. The van der Waals surface area contributed by atoms with Crippen LogP contribution in [0.1, 0.15) is 40.9 Å². The van der Waals surface area contributed by atoms with Gasteiger partial charge in [-0.25, -0.2) is 0 Å². The zero-order valence-corrected chi connectivity index (χ0v) is 16.9. The minimum absolute atomic E-state index is 0.155. The standard InChI is InChI=1S/C22H27F3N2O2/c1-16(2)27(3)13-20-7-5-4-6-19(20)12-26-21(28)18-10-8-17(9-11-18)14-29-15-22(23,24)25/h4-11,16H,12-15H2,1-3H3,(H,26,28). The molecule has 0 heterocycles. The molecule has 29 heavy (non-hydrogen) atoms. The Labute approximate surface area is 169 Å². The van der Waals surface area contributed by atoms with E-state index in [0.717, 1.165) is 17.7 Å². The summed E-state index contributed by atoms with van der Waals surface area (Å²) >= 11 is 0. The van der Waals surface area contributed by atoms with E-state index >= 15 is 0 Å². The summed E-state index contributed by atoms with van der Waals surface area (Å²) in [7, 11) is 2.06. The summed E-state index contributed by atoms with van der Waals surface area (Å²) in [4.78, 5) is 14.6. The Morgan fingerprint density at radius 3 is 2.28 bits per heavy atom. The molecule has 0 aliphatic carbocycles. The molecular formula is C22H27F3N2O2. The molecule has 0 aliphatic heterocycles. The normalized spacial score (nSPS) is 11.9. The van der Waals surface area contributed by atoms with Gasteiger partial charge in [0, 0.05) is 24.7 Å². The van der Waals surface area contributed by atoms with Gasteiger partial charge in [0.2, 0.25) is 0 Å². The van der Waals surface area contributed by atoms with Gasteiger partial charge in [0.25, 0.3) is 5.91 Å². The minimum Gasteiger partial charge on any atom is -0.367 e. The Balaban J connectivity index is 1.91. The predicted molar refractivity (Wildman–Crippen MR) is 106 cm³/mol. The molecule has 0 spiro atoms. The molecule has 0 aliphatic rings. The fourth-order valence-corrected chi connectivity index (χ4v) is 2.65. The van der Waals surface area contributed by atoms with Crippen molar-refractivity contribution >= 4 is 5.91 Å². The van der Waals surface area contributed by atoms with Crippen LogP contribution in [-0.2, 0) is 24.4 Å². The molecule has 0 unspecified atom stereocenters. The maximum Gasteiger partial charge on any atom is 0.411 e. The van der Waals surface area contributed by atoms with Gasteiger partial charge in [-0.1, -0.05) is 36.4 Å². The second-order valence-electron chi connectivity index (χ2n) is 7.27. The molecule has 0 radical (unpaired) electrons. The number of hydrogen-bond acceptors (Lipinski definition) is 3. The number of benzene rings is 2. The van der Waals surface area contributed by atoms with Crippen LogP contribution in [0, 0.1) is 0 Å². The molecule has 7 heteroatoms. The summed E-state index contributed by atoms with van der Waals surface area (Å²) in [5.41, 5.74) is 3.22. The van der Waals surface area contributed by atoms with Crippen molar-refractivity contribution in [2.24, 2.45) is 0 Å². The molecule has 2 rings (SSSR count). The van der Waals surface area contributed by atoms with Gasteiger partial charge in [-0.3, -0.25) is 9.69 Å². The maximum atomic E-state index is 12.4. The topological polar surface area (TPSA) is 41.6 Å². The van der Waals surface area contributed by atoms with Crippen molar-refractivity contribution in [2.75, 3.05) is 13.7 Å². The van der Waals surface area contributed by atoms with Crippen molar-refractivity contribution in [3.8, 4) is 0 Å². The third-order valence-corrected chi connectivity index (χ3v) is 4.61. The lowest BCUT2D eigenvalue weighted by Crippen LogP contribution is -2.27. The lowest BCUT2D eigenvalue weighted by Gasteiger charge is -2.22. The third-order valence-electron chi connectivity index (χ3n) is 4.61. The number of halogens is 3. The van der Waals surface area contributed by atoms with Gasteiger partial charge < -0.3 is 10.1 Å². The average Bonchev–Trinajstić information content (AvgIpc) is 2.66. The molecule has 2 aromatic carbocycles. The Hall–Kier alpha value is -2.38. The first-order valence-corrected chi connectivity index (χ1v) is 9.44. The lowest BCUT2D eigenvalue weighted by atomic mass is 10.1. The summed E-state index contributed by atoms with van der Waals surface area (Å²) in [5.74, 6) is -0.236. The summed E-state index contributed by atoms with van der Waals surface area (Å²) in [6.07, 6.45) is -4.35. The van der Waals surface area contributed by atoms with Crippen LogP contribution >= 0.6 is 0 Å². The van der Waals surface area contributed by atoms with Gasteiger partial charge in [-0.05, 0) is 49.7 Å². The molecule has 1 amide bonds. The highest BCUT2D eigenvalue weighted by Crippen LogP contribution is 2.16. The number of carbonyl (C=O) groups excluding carboxylic acids is 1. The fraction of sp³-hybridized carbons (Fsp3) is 0.409. The number of ether oxygens (including phenoxy) is 1. The smallest absolute Gasteiger partial charge is 0.367 e. The fourth-order valence-electron chi connectivity index (χ4n) is 2.65. The molecule has 0 bridgehead atoms. The van der Waals surface area contributed by atoms with Crippen LogP contribution in [0.25, 0.3) is 0 Å². The van der Waals surface area contributed by atoms with E-state index < -0.39 is 12.8 Å². The van der Waals surface area contributed by atoms with E-state index in [2.05, 4.69) is 41.9 Å². The van der Waals surface area contributed by atoms with Gasteiger partial charge in [0.05, 0.1) is 6.61 Å². The van der Waals surface area contributed by atoms with Crippen molar-refractivity contribution in [1.29, 1.82) is 0 Å². The van der Waals surface area contributed by atoms with Crippen LogP contribution in [0.2, 0.25) is 0 Å². The van der Waals surface area contributed by atoms with Crippen LogP contribution < -0.4 is 5.32 Å². The van der Waals surface area contributed by atoms with E-state index in [1.807, 2.05) is 18.2 Å². The predicted octanol–water partition coefficient (Wildman–Crippen LogP) is 4.54. The number of alkyl halides is 3. The molecule has 0 atom stereocenters. The molecule has 0 aromatic heterocycles. The lowest BCUT2D eigenvalue weighted by molar-refractivity contribution is -0.176. The average molecular weight is 408 g/mol. The number of carbonyl (C=O) groups is 1. The molecule has 4 nitrogen and oxygen atoms in total. The summed E-state index contributed by atoms with van der Waals surface area (Å²) in [6.45, 7) is 4.00. The van der Waals surface area contributed by atoms with Crippen molar-refractivity contribution in [2.45, 2.75) is 45.8 Å². The first kappa shape index (κ1) is 22.9. The van der Waals surface area contributed by atoms with Gasteiger partial charge >= 0.3 is 6.18 Å². The summed E-state index contributed by atoms with van der Waals surface area (Å²) < 4.78 is 41.0. The van der Waals surface area contributed by atoms with E-state index in [1.54, 1.807) is 24.3 Å². The van der Waals surface area contributed by atoms with Gasteiger partial charge in [-0.15, -0.1) is 0 Å².